The van der Waals surface area contributed by atoms with E-state index < -0.39 is 0 Å². The molecule has 31 rings (SSSR count). The first kappa shape index (κ1) is 87.3. The number of fused-ring (bicyclic) bond motifs is 27. The van der Waals surface area contributed by atoms with Crippen LogP contribution in [0.4, 0.5) is 5.69 Å². The maximum absolute atomic E-state index is 9.45. The van der Waals surface area contributed by atoms with Crippen molar-refractivity contribution in [3.05, 3.63) is 520 Å². The van der Waals surface area contributed by atoms with Crippen LogP contribution < -0.4 is 0 Å². The van der Waals surface area contributed by atoms with Gasteiger partial charge in [0.1, 0.15) is 23.3 Å². The molecule has 0 saturated heterocycles. The molecule has 14 heteroatoms. The summed E-state index contributed by atoms with van der Waals surface area (Å²) in [4.78, 5) is 14.0. The summed E-state index contributed by atoms with van der Waals surface area (Å²) in [6.45, 7) is 7.87. The SMILES string of the molecule is C.[3H]CP.[C-]#[N+]c1ccc2c(c1)c1ccccc1n2-c1cccc(-n2c3ccccc3c3cc(C#N)ccc32)n1.c1cc(-n2c3ccccc3c3ccccc32)cc(-n2c3ccccc3c3ccccc32)c1.c1cc(-n2c3ccccc3c3ccccc32)nc(-n2c3ccccc3c3ccccc32)c1.c1ccc2c(c1)c1ccccc1n2-c1cc(-n2c3ccccc3c3ccccc32)cc(-n2c3ccccc3c3ccccc32)c1. The molecule has 1 atom stereocenters. The average Bonchev–Trinajstić information content (AvgIpc) is 1.61. The second-order valence-corrected chi connectivity index (χ2v) is 36.9. The van der Waals surface area contributed by atoms with E-state index in [-0.39, 0.29) is 7.43 Å². The highest BCUT2D eigenvalue weighted by Crippen LogP contribution is 2.45. The Balaban J connectivity index is 0.000000100. The lowest BCUT2D eigenvalue weighted by Crippen LogP contribution is -2.03. The van der Waals surface area contributed by atoms with Crippen molar-refractivity contribution in [2.75, 3.05) is 6.64 Å². The molecule has 11 aromatic heterocycles. The molecular weight excluding hydrogens is 1820 g/mol. The molecular formula is C134H92N13P. The molecule has 1 unspecified atom stereocenters. The average molecular weight is 1920 g/mol. The lowest BCUT2D eigenvalue weighted by Gasteiger charge is -2.17. The Hall–Kier alpha value is -19.7. The van der Waals surface area contributed by atoms with Crippen LogP contribution in [0.3, 0.4) is 0 Å². The van der Waals surface area contributed by atoms with Gasteiger partial charge in [-0.3, -0.25) is 18.3 Å². The van der Waals surface area contributed by atoms with Crippen LogP contribution in [0.2, 0.25) is 0 Å². The molecule has 20 aromatic carbocycles. The molecule has 0 aliphatic carbocycles. The third-order valence-corrected chi connectivity index (χ3v) is 29.0. The van der Waals surface area contributed by atoms with Crippen molar-refractivity contribution in [3.63, 3.8) is 0 Å². The normalized spacial score (nSPS) is 11.6. The minimum absolute atomic E-state index is 0. The number of pyridine rings is 2. The fourth-order valence-electron chi connectivity index (χ4n) is 23.0. The highest BCUT2D eigenvalue weighted by Gasteiger charge is 2.25. The predicted octanol–water partition coefficient (Wildman–Crippen LogP) is 35.0. The van der Waals surface area contributed by atoms with Gasteiger partial charge >= 0.3 is 0 Å². The molecule has 148 heavy (non-hydrogen) atoms. The second kappa shape index (κ2) is 36.7. The second-order valence-electron chi connectivity index (χ2n) is 36.9. The third-order valence-electron chi connectivity index (χ3n) is 29.0. The van der Waals surface area contributed by atoms with Crippen LogP contribution in [0.25, 0.3) is 253 Å². The van der Waals surface area contributed by atoms with Crippen molar-refractivity contribution < 1.29 is 1.37 Å². The van der Waals surface area contributed by atoms with E-state index in [4.69, 9.17) is 17.9 Å². The van der Waals surface area contributed by atoms with Gasteiger partial charge in [0.2, 0.25) is 0 Å². The van der Waals surface area contributed by atoms with Crippen molar-refractivity contribution in [1.82, 2.24) is 51.1 Å². The Morgan fingerprint density at radius 3 is 0.588 bits per heavy atom. The summed E-state index contributed by atoms with van der Waals surface area (Å²) in [7, 11) is 2.25. The van der Waals surface area contributed by atoms with Crippen LogP contribution >= 0.6 is 9.24 Å². The molecule has 0 amide bonds. The first-order chi connectivity index (χ1) is 73.3. The van der Waals surface area contributed by atoms with Crippen molar-refractivity contribution in [3.8, 4) is 57.8 Å². The maximum Gasteiger partial charge on any atom is 0.188 e. The van der Waals surface area contributed by atoms with Crippen LogP contribution in [-0.4, -0.2) is 57.7 Å². The standard InChI is InChI=1S/C42H27N3.C31H17N5.C30H20N2.C29H19N3.CH5P.CH4/c1-7-19-37-31(13-1)32-14-2-8-20-38(32)43(37)28-25-29(44-39-21-9-3-15-33(39)34-16-4-10-22-40(34)44)27-30(26-28)45-41-23-11-5-17-35(41)36-18-6-12-24-42(36)45;1-33-21-14-16-29-25(18-21)23-8-3-5-10-27(23)36(29)31-12-6-11-30(34-31)35-26-9-4-2-7-22(26)24-17-20(19-32)13-15-28(24)35;1-5-16-27-23(12-1)24-13-2-6-17-28(24)31(27)21-10-9-11-22(20-21)32-29-18-7-3-14-25(29)26-15-4-8-19-30(26)32;1-5-14-24-20(10-1)21-11-2-6-15-25(21)31(24)28-18-9-19-29(30-28)32-26-16-7-3-12-22(26)23-13-4-8-17-27(23)32;1-2;/h1-27H;2-18H;1-20H;1-19H;2H2,1H3;1H4/i;;;;1T;. The molecule has 13 nitrogen and oxygen atoms in total. The van der Waals surface area contributed by atoms with Crippen LogP contribution in [0, 0.1) is 17.9 Å². The highest BCUT2D eigenvalue weighted by molar-refractivity contribution is 7.15. The molecule has 0 bridgehead atoms. The molecule has 0 aliphatic rings. The third kappa shape index (κ3) is 14.3. The van der Waals surface area contributed by atoms with E-state index in [2.05, 4.69) is 486 Å². The Morgan fingerprint density at radius 2 is 0.372 bits per heavy atom. The van der Waals surface area contributed by atoms with E-state index in [1.807, 2.05) is 78.9 Å². The molecule has 698 valence electrons. The van der Waals surface area contributed by atoms with Crippen LogP contribution in [0.5, 0.6) is 0 Å². The van der Waals surface area contributed by atoms with Crippen LogP contribution in [0.1, 0.15) is 14.4 Å². The smallest absolute Gasteiger partial charge is 0.188 e. The van der Waals surface area contributed by atoms with Gasteiger partial charge in [-0.15, -0.1) is 9.24 Å². The molecule has 0 spiro atoms. The highest BCUT2D eigenvalue weighted by atomic mass is 31.0. The van der Waals surface area contributed by atoms with Gasteiger partial charge in [-0.2, -0.15) is 5.26 Å². The Labute approximate surface area is 855 Å². The summed E-state index contributed by atoms with van der Waals surface area (Å²) < 4.78 is 27.1. The number of nitriles is 1. The number of rotatable bonds is 9. The van der Waals surface area contributed by atoms with E-state index >= 15 is 0 Å². The number of hydrogen-bond donors (Lipinski definition) is 0. The van der Waals surface area contributed by atoms with E-state index in [1.165, 1.54) is 164 Å². The van der Waals surface area contributed by atoms with Gasteiger partial charge in [0, 0.05) is 104 Å². The summed E-state index contributed by atoms with van der Waals surface area (Å²) in [5, 5.41) is 31.3. The zero-order valence-corrected chi connectivity index (χ0v) is 80.7. The number of aromatic nitrogens is 11. The van der Waals surface area contributed by atoms with Crippen molar-refractivity contribution >= 4 is 211 Å². The first-order valence-electron chi connectivity index (χ1n) is 50.0. The molecule has 0 fully saturated rings. The molecule has 11 heterocycles. The van der Waals surface area contributed by atoms with Crippen LogP contribution in [0.15, 0.2) is 504 Å². The summed E-state index contributed by atoms with van der Waals surface area (Å²) in [5.74, 6) is 3.43. The van der Waals surface area contributed by atoms with Crippen molar-refractivity contribution in [2.45, 2.75) is 7.43 Å². The first-order valence-corrected chi connectivity index (χ1v) is 50.1. The molecule has 0 N–H and O–H groups in total. The molecule has 0 saturated carbocycles. The van der Waals surface area contributed by atoms with E-state index in [1.54, 1.807) is 0 Å². The zero-order chi connectivity index (χ0) is 98.6. The monoisotopic (exact) mass is 1920 g/mol. The summed E-state index contributed by atoms with van der Waals surface area (Å²) >= 11 is 0. The maximum atomic E-state index is 9.45. The summed E-state index contributed by atoms with van der Waals surface area (Å²) in [5.41, 5.74) is 27.9. The largest absolute Gasteiger partial charge is 0.309 e. The van der Waals surface area contributed by atoms with Crippen molar-refractivity contribution in [2.24, 2.45) is 0 Å². The van der Waals surface area contributed by atoms with Gasteiger partial charge in [-0.25, -0.2) is 14.8 Å². The molecule has 31 aromatic rings. The predicted molar refractivity (Wildman–Crippen MR) is 624 cm³/mol. The number of nitrogens with zero attached hydrogens (tertiary/aromatic N) is 13. The summed E-state index contributed by atoms with van der Waals surface area (Å²) in [6, 6.07) is 180. The Morgan fingerprint density at radius 1 is 0.203 bits per heavy atom. The molecule has 0 radical (unpaired) electrons. The lowest BCUT2D eigenvalue weighted by atomic mass is 10.1. The fourth-order valence-corrected chi connectivity index (χ4v) is 23.0. The van der Waals surface area contributed by atoms with Crippen molar-refractivity contribution in [1.29, 1.82) is 5.26 Å². The van der Waals surface area contributed by atoms with Crippen LogP contribution in [-0.2, 0) is 0 Å². The fraction of sp³-hybridized carbons (Fsp3) is 0.0149. The van der Waals surface area contributed by atoms with E-state index in [0.717, 1.165) is 83.9 Å². The number of para-hydroxylation sites is 16. The summed E-state index contributed by atoms with van der Waals surface area (Å²) in [6.07, 6.45) is 0. The molecule has 0 aliphatic heterocycles. The number of benzene rings is 20. The van der Waals surface area contributed by atoms with Gasteiger partial charge in [-0.1, -0.05) is 330 Å². The van der Waals surface area contributed by atoms with Gasteiger partial charge in [0.15, 0.2) is 5.69 Å². The minimum atomic E-state index is 0. The van der Waals surface area contributed by atoms with Gasteiger partial charge < -0.3 is 22.8 Å². The topological polar surface area (TPSA) is 98.3 Å². The number of hydrogen-bond acceptors (Lipinski definition) is 3. The quantitative estimate of drug-likeness (QED) is 0.106. The zero-order valence-electron chi connectivity index (χ0n) is 80.5. The van der Waals surface area contributed by atoms with Gasteiger partial charge in [0.25, 0.3) is 0 Å². The van der Waals surface area contributed by atoms with E-state index in [9.17, 15) is 5.26 Å². The van der Waals surface area contributed by atoms with E-state index in [0.29, 0.717) is 17.9 Å². The lowest BCUT2D eigenvalue weighted by molar-refractivity contribution is 1.01. The van der Waals surface area contributed by atoms with Gasteiger partial charge in [0.05, 0.1) is 135 Å². The van der Waals surface area contributed by atoms with Gasteiger partial charge in [-0.05, 0) is 193 Å². The Kier molecular flexibility index (Phi) is 21.6. The Bertz CT molecular complexity index is 9520. The minimum Gasteiger partial charge on any atom is -0.309 e.